The Labute approximate surface area is 156 Å². The van der Waals surface area contributed by atoms with Gasteiger partial charge in [0.25, 0.3) is 0 Å². The number of hydrogen-bond donors (Lipinski definition) is 1. The van der Waals surface area contributed by atoms with Crippen LogP contribution in [0.3, 0.4) is 0 Å². The van der Waals surface area contributed by atoms with Crippen molar-refractivity contribution < 1.29 is 13.2 Å². The van der Waals surface area contributed by atoms with Gasteiger partial charge in [0, 0.05) is 0 Å². The summed E-state index contributed by atoms with van der Waals surface area (Å²) >= 11 is 0. The number of nitrogens with zero attached hydrogens (tertiary/aromatic N) is 1. The molecule has 0 fully saturated rings. The van der Waals surface area contributed by atoms with Gasteiger partial charge in [0.1, 0.15) is 6.54 Å². The lowest BCUT2D eigenvalue weighted by Gasteiger charge is -2.26. The van der Waals surface area contributed by atoms with Crippen LogP contribution in [0, 0.1) is 20.8 Å². The van der Waals surface area contributed by atoms with Gasteiger partial charge in [-0.2, -0.15) is 0 Å². The molecule has 1 atom stereocenters. The molecular formula is C20H26N2O3S. The second-order valence-electron chi connectivity index (χ2n) is 6.72. The molecule has 2 aromatic rings. The van der Waals surface area contributed by atoms with Crippen LogP contribution >= 0.6 is 0 Å². The predicted octanol–water partition coefficient (Wildman–Crippen LogP) is 3.26. The molecule has 0 aromatic heterocycles. The molecule has 0 bridgehead atoms. The molecule has 0 aliphatic rings. The Morgan fingerprint density at radius 2 is 1.62 bits per heavy atom. The van der Waals surface area contributed by atoms with Crippen LogP contribution in [-0.4, -0.2) is 27.1 Å². The molecule has 0 saturated carbocycles. The number of aryl methyl sites for hydroxylation is 3. The van der Waals surface area contributed by atoms with Crippen molar-refractivity contribution in [2.75, 3.05) is 17.1 Å². The van der Waals surface area contributed by atoms with Crippen molar-refractivity contribution in [2.45, 2.75) is 33.7 Å². The third-order valence-electron chi connectivity index (χ3n) is 4.25. The molecule has 26 heavy (non-hydrogen) atoms. The summed E-state index contributed by atoms with van der Waals surface area (Å²) in [4.78, 5) is 12.5. The van der Waals surface area contributed by atoms with E-state index in [1.807, 2.05) is 70.2 Å². The minimum atomic E-state index is -3.60. The molecule has 2 rings (SSSR count). The number of sulfonamides is 1. The third kappa shape index (κ3) is 4.85. The molecule has 0 spiro atoms. The molecule has 1 amide bonds. The Morgan fingerprint density at radius 1 is 1.08 bits per heavy atom. The van der Waals surface area contributed by atoms with E-state index in [9.17, 15) is 13.2 Å². The van der Waals surface area contributed by atoms with Gasteiger partial charge in [-0.3, -0.25) is 9.10 Å². The summed E-state index contributed by atoms with van der Waals surface area (Å²) in [6.45, 7) is 7.31. The van der Waals surface area contributed by atoms with Crippen molar-refractivity contribution in [3.05, 3.63) is 64.7 Å². The molecule has 1 unspecified atom stereocenters. The van der Waals surface area contributed by atoms with E-state index in [1.165, 1.54) is 4.31 Å². The first kappa shape index (κ1) is 20.0. The number of anilines is 1. The Kier molecular flexibility index (Phi) is 6.08. The van der Waals surface area contributed by atoms with Gasteiger partial charge >= 0.3 is 0 Å². The molecule has 0 aliphatic carbocycles. The van der Waals surface area contributed by atoms with Crippen LogP contribution < -0.4 is 9.62 Å². The van der Waals surface area contributed by atoms with E-state index in [4.69, 9.17) is 0 Å². The smallest absolute Gasteiger partial charge is 0.241 e. The molecule has 140 valence electrons. The number of carbonyl (C=O) groups is 1. The Balaban J connectivity index is 2.26. The molecule has 0 heterocycles. The summed E-state index contributed by atoms with van der Waals surface area (Å²) in [5.41, 5.74) is 4.25. The standard InChI is InChI=1S/C20H26N2O3S/c1-14-11-15(2)20(16(3)12-14)22(26(5,24)25)13-19(23)21-17(4)18-9-7-6-8-10-18/h6-12,17H,13H2,1-5H3,(H,21,23). The van der Waals surface area contributed by atoms with Crippen LogP contribution in [0.4, 0.5) is 5.69 Å². The summed E-state index contributed by atoms with van der Waals surface area (Å²) < 4.78 is 25.9. The number of carbonyl (C=O) groups excluding carboxylic acids is 1. The third-order valence-corrected chi connectivity index (χ3v) is 5.36. The molecule has 0 aliphatic heterocycles. The maximum atomic E-state index is 12.5. The molecule has 6 heteroatoms. The van der Waals surface area contributed by atoms with Crippen molar-refractivity contribution in [1.82, 2.24) is 5.32 Å². The van der Waals surface area contributed by atoms with Crippen molar-refractivity contribution in [1.29, 1.82) is 0 Å². The summed E-state index contributed by atoms with van der Waals surface area (Å²) in [5, 5.41) is 2.87. The van der Waals surface area contributed by atoms with Crippen LogP contribution in [0.1, 0.15) is 35.2 Å². The van der Waals surface area contributed by atoms with Crippen LogP contribution in [-0.2, 0) is 14.8 Å². The Bertz CT molecular complexity index is 870. The van der Waals surface area contributed by atoms with E-state index in [2.05, 4.69) is 5.32 Å². The van der Waals surface area contributed by atoms with E-state index < -0.39 is 10.0 Å². The zero-order valence-electron chi connectivity index (χ0n) is 15.9. The van der Waals surface area contributed by atoms with Crippen LogP contribution in [0.2, 0.25) is 0 Å². The first-order chi connectivity index (χ1) is 12.1. The highest BCUT2D eigenvalue weighted by Gasteiger charge is 2.24. The van der Waals surface area contributed by atoms with Crippen molar-refractivity contribution in [3.63, 3.8) is 0 Å². The number of rotatable bonds is 6. The lowest BCUT2D eigenvalue weighted by atomic mass is 10.1. The Hall–Kier alpha value is -2.34. The van der Waals surface area contributed by atoms with Gasteiger partial charge < -0.3 is 5.32 Å². The van der Waals surface area contributed by atoms with E-state index >= 15 is 0 Å². The van der Waals surface area contributed by atoms with Crippen molar-refractivity contribution >= 4 is 21.6 Å². The second kappa shape index (κ2) is 7.91. The largest absolute Gasteiger partial charge is 0.348 e. The summed E-state index contributed by atoms with van der Waals surface area (Å²) in [7, 11) is -3.60. The first-order valence-electron chi connectivity index (χ1n) is 8.49. The fourth-order valence-electron chi connectivity index (χ4n) is 3.17. The maximum Gasteiger partial charge on any atom is 0.241 e. The van der Waals surface area contributed by atoms with E-state index in [0.717, 1.165) is 28.5 Å². The maximum absolute atomic E-state index is 12.5. The first-order valence-corrected chi connectivity index (χ1v) is 10.3. The van der Waals surface area contributed by atoms with Crippen molar-refractivity contribution in [2.24, 2.45) is 0 Å². The second-order valence-corrected chi connectivity index (χ2v) is 8.62. The zero-order valence-corrected chi connectivity index (χ0v) is 16.7. The highest BCUT2D eigenvalue weighted by molar-refractivity contribution is 7.92. The monoisotopic (exact) mass is 374 g/mol. The van der Waals surface area contributed by atoms with Gasteiger partial charge in [0.05, 0.1) is 18.0 Å². The fourth-order valence-corrected chi connectivity index (χ4v) is 4.14. The fraction of sp³-hybridized carbons (Fsp3) is 0.350. The quantitative estimate of drug-likeness (QED) is 0.844. The summed E-state index contributed by atoms with van der Waals surface area (Å²) in [5.74, 6) is -0.342. The normalized spacial score (nSPS) is 12.5. The summed E-state index contributed by atoms with van der Waals surface area (Å²) in [6, 6.07) is 13.2. The van der Waals surface area contributed by atoms with Gasteiger partial charge in [0.2, 0.25) is 15.9 Å². The molecule has 5 nitrogen and oxygen atoms in total. The average Bonchev–Trinajstić information content (AvgIpc) is 2.53. The lowest BCUT2D eigenvalue weighted by Crippen LogP contribution is -2.41. The minimum Gasteiger partial charge on any atom is -0.348 e. The zero-order chi connectivity index (χ0) is 19.5. The van der Waals surface area contributed by atoms with Gasteiger partial charge in [-0.1, -0.05) is 48.0 Å². The highest BCUT2D eigenvalue weighted by Crippen LogP contribution is 2.28. The molecule has 0 radical (unpaired) electrons. The average molecular weight is 375 g/mol. The number of nitrogens with one attached hydrogen (secondary N) is 1. The van der Waals surface area contributed by atoms with E-state index in [-0.39, 0.29) is 18.5 Å². The topological polar surface area (TPSA) is 66.5 Å². The number of amides is 1. The molecular weight excluding hydrogens is 348 g/mol. The molecule has 2 aromatic carbocycles. The van der Waals surface area contributed by atoms with Gasteiger partial charge in [-0.25, -0.2) is 8.42 Å². The van der Waals surface area contributed by atoms with Gasteiger partial charge in [-0.05, 0) is 44.4 Å². The van der Waals surface area contributed by atoms with Crippen LogP contribution in [0.5, 0.6) is 0 Å². The number of benzene rings is 2. The van der Waals surface area contributed by atoms with E-state index in [0.29, 0.717) is 5.69 Å². The lowest BCUT2D eigenvalue weighted by molar-refractivity contribution is -0.120. The highest BCUT2D eigenvalue weighted by atomic mass is 32.2. The van der Waals surface area contributed by atoms with Gasteiger partial charge in [0.15, 0.2) is 0 Å². The van der Waals surface area contributed by atoms with Crippen molar-refractivity contribution in [3.8, 4) is 0 Å². The van der Waals surface area contributed by atoms with Crippen LogP contribution in [0.15, 0.2) is 42.5 Å². The SMILES string of the molecule is Cc1cc(C)c(N(CC(=O)NC(C)c2ccccc2)S(C)(=O)=O)c(C)c1. The molecule has 1 N–H and O–H groups in total. The van der Waals surface area contributed by atoms with Gasteiger partial charge in [-0.15, -0.1) is 0 Å². The van der Waals surface area contributed by atoms with Crippen LogP contribution in [0.25, 0.3) is 0 Å². The number of hydrogen-bond acceptors (Lipinski definition) is 3. The minimum absolute atomic E-state index is 0.203. The molecule has 0 saturated heterocycles. The predicted molar refractivity (Wildman–Crippen MR) is 106 cm³/mol. The van der Waals surface area contributed by atoms with E-state index in [1.54, 1.807) is 0 Å². The Morgan fingerprint density at radius 3 is 2.12 bits per heavy atom. The summed E-state index contributed by atoms with van der Waals surface area (Å²) in [6.07, 6.45) is 1.12.